The number of esters is 1. The van der Waals surface area contributed by atoms with Crippen molar-refractivity contribution in [1.29, 1.82) is 0 Å². The molecular weight excluding hydrogens is 436 g/mol. The Kier molecular flexibility index (Phi) is 6.70. The molecule has 8 nitrogen and oxygen atoms in total. The summed E-state index contributed by atoms with van der Waals surface area (Å²) in [5.74, 6) is -0.149. The zero-order valence-electron chi connectivity index (χ0n) is 19.8. The number of benzene rings is 2. The summed E-state index contributed by atoms with van der Waals surface area (Å²) in [5.41, 5.74) is 1.51. The highest BCUT2D eigenvalue weighted by molar-refractivity contribution is 5.99. The lowest BCUT2D eigenvalue weighted by molar-refractivity contribution is 0.0600. The third kappa shape index (κ3) is 4.28. The Bertz CT molecular complexity index is 1280. The van der Waals surface area contributed by atoms with Crippen LogP contribution in [-0.4, -0.2) is 62.6 Å². The molecule has 0 fully saturated rings. The van der Waals surface area contributed by atoms with Crippen LogP contribution in [0.25, 0.3) is 11.0 Å². The number of hydrogen-bond donors (Lipinski definition) is 0. The third-order valence-electron chi connectivity index (χ3n) is 5.90. The first-order valence-corrected chi connectivity index (χ1v) is 11.2. The normalized spacial score (nSPS) is 15.1. The van der Waals surface area contributed by atoms with Crippen LogP contribution in [0, 0.1) is 0 Å². The molecule has 8 heteroatoms. The second-order valence-electron chi connectivity index (χ2n) is 8.44. The van der Waals surface area contributed by atoms with E-state index in [0.29, 0.717) is 41.0 Å². The van der Waals surface area contributed by atoms with Crippen molar-refractivity contribution in [3.05, 3.63) is 75.1 Å². The number of fused-ring (bicyclic) bond motifs is 2. The first kappa shape index (κ1) is 23.5. The van der Waals surface area contributed by atoms with E-state index >= 15 is 0 Å². The molecule has 1 aliphatic rings. The van der Waals surface area contributed by atoms with Gasteiger partial charge in [-0.2, -0.15) is 0 Å². The summed E-state index contributed by atoms with van der Waals surface area (Å²) in [7, 11) is 5.26. The van der Waals surface area contributed by atoms with Gasteiger partial charge in [0.25, 0.3) is 5.91 Å². The van der Waals surface area contributed by atoms with Gasteiger partial charge in [0.1, 0.15) is 11.3 Å². The smallest absolute Gasteiger partial charge is 0.337 e. The van der Waals surface area contributed by atoms with Crippen molar-refractivity contribution < 1.29 is 23.5 Å². The topological polar surface area (TPSA) is 89.3 Å². The molecule has 2 heterocycles. The highest BCUT2D eigenvalue weighted by atomic mass is 16.5. The van der Waals surface area contributed by atoms with Crippen LogP contribution in [0.3, 0.4) is 0 Å². The first-order chi connectivity index (χ1) is 16.3. The Morgan fingerprint density at radius 1 is 1.12 bits per heavy atom. The molecule has 1 amide bonds. The van der Waals surface area contributed by atoms with Gasteiger partial charge >= 0.3 is 5.97 Å². The van der Waals surface area contributed by atoms with Crippen LogP contribution in [0.5, 0.6) is 5.75 Å². The molecule has 1 aromatic heterocycles. The predicted molar refractivity (Wildman–Crippen MR) is 127 cm³/mol. The molecule has 178 valence electrons. The fraction of sp³-hybridized carbons (Fsp3) is 0.346. The van der Waals surface area contributed by atoms with E-state index in [1.54, 1.807) is 47.4 Å². The summed E-state index contributed by atoms with van der Waals surface area (Å²) in [6.45, 7) is 3.58. The van der Waals surface area contributed by atoms with Crippen molar-refractivity contribution in [3.8, 4) is 5.75 Å². The van der Waals surface area contributed by atoms with Crippen LogP contribution in [-0.2, 0) is 4.74 Å². The van der Waals surface area contributed by atoms with Gasteiger partial charge < -0.3 is 23.7 Å². The summed E-state index contributed by atoms with van der Waals surface area (Å²) < 4.78 is 16.3. The minimum Gasteiger partial charge on any atom is -0.494 e. The van der Waals surface area contributed by atoms with Crippen LogP contribution in [0.15, 0.2) is 51.7 Å². The molecule has 34 heavy (non-hydrogen) atoms. The number of amides is 1. The molecule has 2 aromatic carbocycles. The molecule has 1 unspecified atom stereocenters. The molecule has 0 N–H and O–H groups in total. The lowest BCUT2D eigenvalue weighted by Gasteiger charge is -2.25. The average Bonchev–Trinajstić information content (AvgIpc) is 3.10. The Hall–Kier alpha value is -3.65. The SMILES string of the molecule is CCOc1ccc2c(=O)c3c(oc2c1)C(=O)N(CCCN(C)C)C3c1ccc(C(=O)OC)cc1. The van der Waals surface area contributed by atoms with Crippen LogP contribution in [0.2, 0.25) is 0 Å². The lowest BCUT2D eigenvalue weighted by atomic mass is 9.97. The Morgan fingerprint density at radius 3 is 2.50 bits per heavy atom. The van der Waals surface area contributed by atoms with E-state index in [0.717, 1.165) is 18.5 Å². The largest absolute Gasteiger partial charge is 0.494 e. The Labute approximate surface area is 197 Å². The highest BCUT2D eigenvalue weighted by Crippen LogP contribution is 2.38. The molecule has 0 radical (unpaired) electrons. The number of carbonyl (C=O) groups excluding carboxylic acids is 2. The van der Waals surface area contributed by atoms with E-state index in [2.05, 4.69) is 0 Å². The quantitative estimate of drug-likeness (QED) is 0.472. The molecule has 0 bridgehead atoms. The summed E-state index contributed by atoms with van der Waals surface area (Å²) in [4.78, 5) is 42.7. The third-order valence-corrected chi connectivity index (χ3v) is 5.90. The zero-order valence-corrected chi connectivity index (χ0v) is 19.8. The molecule has 4 rings (SSSR count). The maximum atomic E-state index is 13.6. The van der Waals surface area contributed by atoms with Gasteiger partial charge in [0.2, 0.25) is 5.76 Å². The molecule has 1 atom stereocenters. The van der Waals surface area contributed by atoms with Gasteiger partial charge in [-0.05, 0) is 63.8 Å². The van der Waals surface area contributed by atoms with Crippen LogP contribution in [0.4, 0.5) is 0 Å². The van der Waals surface area contributed by atoms with Crippen molar-refractivity contribution in [2.45, 2.75) is 19.4 Å². The number of methoxy groups -OCH3 is 1. The molecule has 3 aromatic rings. The van der Waals surface area contributed by atoms with Gasteiger partial charge in [-0.3, -0.25) is 9.59 Å². The van der Waals surface area contributed by atoms with Gasteiger partial charge in [-0.25, -0.2) is 4.79 Å². The van der Waals surface area contributed by atoms with Gasteiger partial charge in [0.05, 0.1) is 36.3 Å². The van der Waals surface area contributed by atoms with Crippen molar-refractivity contribution in [2.24, 2.45) is 0 Å². The number of rotatable bonds is 8. The minimum atomic E-state index is -0.608. The molecule has 0 saturated heterocycles. The second kappa shape index (κ2) is 9.69. The number of hydrogen-bond acceptors (Lipinski definition) is 7. The number of ether oxygens (including phenoxy) is 2. The highest BCUT2D eigenvalue weighted by Gasteiger charge is 2.42. The summed E-state index contributed by atoms with van der Waals surface area (Å²) in [5, 5.41) is 0.390. The first-order valence-electron chi connectivity index (χ1n) is 11.2. The Morgan fingerprint density at radius 2 is 1.85 bits per heavy atom. The maximum Gasteiger partial charge on any atom is 0.337 e. The van der Waals surface area contributed by atoms with Crippen LogP contribution >= 0.6 is 0 Å². The van der Waals surface area contributed by atoms with E-state index in [-0.39, 0.29) is 17.1 Å². The molecule has 0 spiro atoms. The van der Waals surface area contributed by atoms with Gasteiger partial charge in [0.15, 0.2) is 5.43 Å². The summed E-state index contributed by atoms with van der Waals surface area (Å²) in [6.07, 6.45) is 0.728. The second-order valence-corrected chi connectivity index (χ2v) is 8.44. The molecular formula is C26H28N2O6. The van der Waals surface area contributed by atoms with Gasteiger partial charge in [-0.1, -0.05) is 12.1 Å². The molecule has 1 aliphatic heterocycles. The van der Waals surface area contributed by atoms with E-state index in [4.69, 9.17) is 13.9 Å². The molecule has 0 saturated carbocycles. The zero-order chi connectivity index (χ0) is 24.4. The number of nitrogens with zero attached hydrogens (tertiary/aromatic N) is 2. The average molecular weight is 465 g/mol. The Balaban J connectivity index is 1.83. The van der Waals surface area contributed by atoms with Crippen LogP contribution in [0.1, 0.15) is 51.4 Å². The fourth-order valence-electron chi connectivity index (χ4n) is 4.31. The lowest BCUT2D eigenvalue weighted by Crippen LogP contribution is -2.32. The molecule has 0 aliphatic carbocycles. The van der Waals surface area contributed by atoms with E-state index < -0.39 is 12.0 Å². The van der Waals surface area contributed by atoms with E-state index in [9.17, 15) is 14.4 Å². The van der Waals surface area contributed by atoms with E-state index in [1.807, 2.05) is 25.9 Å². The summed E-state index contributed by atoms with van der Waals surface area (Å²) >= 11 is 0. The standard InChI is InChI=1S/C26H28N2O6/c1-5-33-18-11-12-19-20(15-18)34-24-21(23(19)29)22(28(25(24)30)14-6-13-27(2)3)16-7-9-17(10-8-16)26(31)32-4/h7-12,15,22H,5-6,13-14H2,1-4H3. The minimum absolute atomic E-state index is 0.0537. The van der Waals surface area contributed by atoms with Crippen molar-refractivity contribution in [2.75, 3.05) is 40.9 Å². The maximum absolute atomic E-state index is 13.6. The summed E-state index contributed by atoms with van der Waals surface area (Å²) in [6, 6.07) is 11.2. The van der Waals surface area contributed by atoms with E-state index in [1.165, 1.54) is 7.11 Å². The number of carbonyl (C=O) groups is 2. The van der Waals surface area contributed by atoms with Crippen molar-refractivity contribution in [1.82, 2.24) is 9.80 Å². The van der Waals surface area contributed by atoms with Crippen LogP contribution < -0.4 is 10.2 Å². The van der Waals surface area contributed by atoms with Crippen molar-refractivity contribution in [3.63, 3.8) is 0 Å². The van der Waals surface area contributed by atoms with Gasteiger partial charge in [-0.15, -0.1) is 0 Å². The van der Waals surface area contributed by atoms with Crippen molar-refractivity contribution >= 4 is 22.8 Å². The van der Waals surface area contributed by atoms with Gasteiger partial charge in [0, 0.05) is 12.6 Å². The fourth-order valence-corrected chi connectivity index (χ4v) is 4.31. The monoisotopic (exact) mass is 464 g/mol. The predicted octanol–water partition coefficient (Wildman–Crippen LogP) is 3.48.